The lowest BCUT2D eigenvalue weighted by Gasteiger charge is -2.48. The van der Waals surface area contributed by atoms with E-state index in [1.165, 1.54) is 4.90 Å². The lowest BCUT2D eigenvalue weighted by molar-refractivity contribution is -0.169. The Bertz CT molecular complexity index is 356. The first-order valence-electron chi connectivity index (χ1n) is 6.50. The third-order valence-corrected chi connectivity index (χ3v) is 2.78. The Hall–Kier alpha value is -1.34. The largest absolute Gasteiger partial charge is 0.481 e. The molecule has 20 heavy (non-hydrogen) atoms. The highest BCUT2D eigenvalue weighted by Crippen LogP contribution is 2.30. The van der Waals surface area contributed by atoms with Gasteiger partial charge in [0.1, 0.15) is 11.2 Å². The van der Waals surface area contributed by atoms with Gasteiger partial charge < -0.3 is 24.2 Å². The van der Waals surface area contributed by atoms with E-state index in [1.807, 2.05) is 0 Å². The Balaban J connectivity index is 2.52. The number of nitrogens with zero attached hydrogens (tertiary/aromatic N) is 1. The molecule has 116 valence electrons. The topological polar surface area (TPSA) is 85.3 Å². The van der Waals surface area contributed by atoms with Gasteiger partial charge in [-0.15, -0.1) is 0 Å². The molecule has 0 aromatic rings. The van der Waals surface area contributed by atoms with Crippen LogP contribution in [-0.4, -0.2) is 66.7 Å². The lowest BCUT2D eigenvalue weighted by atomic mass is 9.90. The third kappa shape index (κ3) is 4.97. The number of rotatable bonds is 6. The fourth-order valence-corrected chi connectivity index (χ4v) is 1.98. The minimum Gasteiger partial charge on any atom is -0.481 e. The van der Waals surface area contributed by atoms with Crippen LogP contribution in [0.4, 0.5) is 4.79 Å². The molecule has 0 aromatic carbocycles. The zero-order chi connectivity index (χ0) is 15.4. The van der Waals surface area contributed by atoms with Crippen molar-refractivity contribution in [2.24, 2.45) is 0 Å². The van der Waals surface area contributed by atoms with Crippen LogP contribution in [0, 0.1) is 0 Å². The van der Waals surface area contributed by atoms with Crippen molar-refractivity contribution in [3.63, 3.8) is 0 Å². The number of ether oxygens (including phenoxy) is 3. The van der Waals surface area contributed by atoms with Crippen molar-refractivity contribution in [3.05, 3.63) is 0 Å². The van der Waals surface area contributed by atoms with E-state index in [0.29, 0.717) is 13.2 Å². The minimum absolute atomic E-state index is 0.143. The molecule has 1 saturated heterocycles. The Morgan fingerprint density at radius 2 is 1.85 bits per heavy atom. The van der Waals surface area contributed by atoms with Gasteiger partial charge in [-0.3, -0.25) is 4.79 Å². The quantitative estimate of drug-likeness (QED) is 0.737. The van der Waals surface area contributed by atoms with Crippen molar-refractivity contribution >= 4 is 12.1 Å². The van der Waals surface area contributed by atoms with Gasteiger partial charge in [0.05, 0.1) is 32.7 Å². The van der Waals surface area contributed by atoms with Crippen LogP contribution in [-0.2, 0) is 19.0 Å². The summed E-state index contributed by atoms with van der Waals surface area (Å²) in [6, 6.07) is 0. The van der Waals surface area contributed by atoms with Crippen molar-refractivity contribution in [1.82, 2.24) is 4.90 Å². The van der Waals surface area contributed by atoms with E-state index in [1.54, 1.807) is 27.9 Å². The molecule has 0 aliphatic carbocycles. The van der Waals surface area contributed by atoms with Crippen molar-refractivity contribution in [2.45, 2.75) is 38.4 Å². The summed E-state index contributed by atoms with van der Waals surface area (Å²) < 4.78 is 15.7. The molecule has 1 fully saturated rings. The van der Waals surface area contributed by atoms with Gasteiger partial charge >= 0.3 is 12.1 Å². The molecule has 1 aliphatic heterocycles. The summed E-state index contributed by atoms with van der Waals surface area (Å²) in [4.78, 5) is 24.2. The Labute approximate surface area is 118 Å². The fourth-order valence-electron chi connectivity index (χ4n) is 1.98. The molecule has 7 nitrogen and oxygen atoms in total. The number of aliphatic carboxylic acids is 1. The van der Waals surface area contributed by atoms with E-state index in [0.717, 1.165) is 0 Å². The van der Waals surface area contributed by atoms with E-state index >= 15 is 0 Å². The van der Waals surface area contributed by atoms with Crippen LogP contribution in [0.1, 0.15) is 27.2 Å². The van der Waals surface area contributed by atoms with Gasteiger partial charge in [-0.2, -0.15) is 0 Å². The monoisotopic (exact) mass is 289 g/mol. The molecule has 1 rings (SSSR count). The van der Waals surface area contributed by atoms with Gasteiger partial charge in [-0.1, -0.05) is 0 Å². The normalized spacial score (nSPS) is 17.5. The molecule has 0 unspecified atom stereocenters. The van der Waals surface area contributed by atoms with Crippen LogP contribution >= 0.6 is 0 Å². The van der Waals surface area contributed by atoms with Crippen molar-refractivity contribution < 1.29 is 28.9 Å². The van der Waals surface area contributed by atoms with Crippen molar-refractivity contribution in [3.8, 4) is 0 Å². The standard InChI is InChI=1S/C13H23NO6/c1-12(2,3)20-11(17)14-8-13(9-14,7-10(15)16)19-6-5-18-4/h5-9H2,1-4H3,(H,15,16). The highest BCUT2D eigenvalue weighted by atomic mass is 16.6. The third-order valence-electron chi connectivity index (χ3n) is 2.78. The SMILES string of the molecule is COCCOC1(CC(=O)O)CN(C(=O)OC(C)(C)C)C1. The summed E-state index contributed by atoms with van der Waals surface area (Å²) in [6.07, 6.45) is -0.593. The maximum atomic E-state index is 11.8. The Kier molecular flexibility index (Phi) is 5.35. The first-order valence-corrected chi connectivity index (χ1v) is 6.50. The number of carbonyl (C=O) groups is 2. The predicted molar refractivity (Wildman–Crippen MR) is 70.6 cm³/mol. The summed E-state index contributed by atoms with van der Waals surface area (Å²) in [7, 11) is 1.54. The number of likely N-dealkylation sites (tertiary alicyclic amines) is 1. The zero-order valence-corrected chi connectivity index (χ0v) is 12.5. The fraction of sp³-hybridized carbons (Fsp3) is 0.846. The van der Waals surface area contributed by atoms with Gasteiger partial charge in [-0.05, 0) is 20.8 Å². The maximum Gasteiger partial charge on any atom is 0.410 e. The van der Waals surface area contributed by atoms with Crippen LogP contribution in [0.15, 0.2) is 0 Å². The van der Waals surface area contributed by atoms with Crippen molar-refractivity contribution in [2.75, 3.05) is 33.4 Å². The van der Waals surface area contributed by atoms with Crippen molar-refractivity contribution in [1.29, 1.82) is 0 Å². The molecular formula is C13H23NO6. The highest BCUT2D eigenvalue weighted by Gasteiger charge is 2.49. The number of hydrogen-bond acceptors (Lipinski definition) is 5. The summed E-state index contributed by atoms with van der Waals surface area (Å²) >= 11 is 0. The van der Waals surface area contributed by atoms with E-state index in [9.17, 15) is 9.59 Å². The van der Waals surface area contributed by atoms with Gasteiger partial charge in [0, 0.05) is 7.11 Å². The average molecular weight is 289 g/mol. The second-order valence-corrected chi connectivity index (χ2v) is 5.93. The second-order valence-electron chi connectivity index (χ2n) is 5.93. The number of carbonyl (C=O) groups excluding carboxylic acids is 1. The van der Waals surface area contributed by atoms with Crippen LogP contribution < -0.4 is 0 Å². The molecule has 1 N–H and O–H groups in total. The molecule has 0 saturated carbocycles. The van der Waals surface area contributed by atoms with E-state index in [2.05, 4.69) is 0 Å². The van der Waals surface area contributed by atoms with Crippen LogP contribution in [0.2, 0.25) is 0 Å². The molecule has 1 heterocycles. The van der Waals surface area contributed by atoms with Gasteiger partial charge in [0.2, 0.25) is 0 Å². The predicted octanol–water partition coefficient (Wildman–Crippen LogP) is 1.11. The summed E-state index contributed by atoms with van der Waals surface area (Å²) in [5.41, 5.74) is -1.40. The first-order chi connectivity index (χ1) is 9.17. The average Bonchev–Trinajstić information content (AvgIpc) is 2.21. The molecule has 0 spiro atoms. The number of carboxylic acid groups (broad SMARTS) is 1. The number of methoxy groups -OCH3 is 1. The van der Waals surface area contributed by atoms with Gasteiger partial charge in [-0.25, -0.2) is 4.79 Å². The van der Waals surface area contributed by atoms with Crippen LogP contribution in [0.25, 0.3) is 0 Å². The molecular weight excluding hydrogens is 266 g/mol. The van der Waals surface area contributed by atoms with E-state index < -0.39 is 23.3 Å². The van der Waals surface area contributed by atoms with Crippen LogP contribution in [0.5, 0.6) is 0 Å². The van der Waals surface area contributed by atoms with E-state index in [4.69, 9.17) is 19.3 Å². The summed E-state index contributed by atoms with van der Waals surface area (Å²) in [5.74, 6) is -0.953. The Morgan fingerprint density at radius 1 is 1.25 bits per heavy atom. The lowest BCUT2D eigenvalue weighted by Crippen LogP contribution is -2.66. The summed E-state index contributed by atoms with van der Waals surface area (Å²) in [5, 5.41) is 8.94. The minimum atomic E-state index is -0.953. The highest BCUT2D eigenvalue weighted by molar-refractivity contribution is 5.72. The molecule has 7 heteroatoms. The molecule has 1 amide bonds. The number of carboxylic acids is 1. The van der Waals surface area contributed by atoms with Gasteiger partial charge in [0.25, 0.3) is 0 Å². The zero-order valence-electron chi connectivity index (χ0n) is 12.5. The molecule has 0 atom stereocenters. The summed E-state index contributed by atoms with van der Waals surface area (Å²) in [6.45, 7) is 6.47. The van der Waals surface area contributed by atoms with E-state index in [-0.39, 0.29) is 19.5 Å². The number of hydrogen-bond donors (Lipinski definition) is 1. The second kappa shape index (κ2) is 6.41. The maximum absolute atomic E-state index is 11.8. The molecule has 1 aliphatic rings. The molecule has 0 aromatic heterocycles. The smallest absolute Gasteiger partial charge is 0.410 e. The Morgan fingerprint density at radius 3 is 2.30 bits per heavy atom. The molecule has 0 bridgehead atoms. The molecule has 0 radical (unpaired) electrons. The first kappa shape index (κ1) is 16.7. The number of amides is 1. The van der Waals surface area contributed by atoms with Crippen LogP contribution in [0.3, 0.4) is 0 Å². The van der Waals surface area contributed by atoms with Gasteiger partial charge in [0.15, 0.2) is 0 Å².